The predicted molar refractivity (Wildman–Crippen MR) is 61.5 cm³/mol. The second kappa shape index (κ2) is 4.74. The zero-order valence-electron chi connectivity index (χ0n) is 9.58. The van der Waals surface area contributed by atoms with E-state index in [2.05, 4.69) is 10.4 Å². The highest BCUT2D eigenvalue weighted by Gasteiger charge is 2.15. The van der Waals surface area contributed by atoms with Crippen molar-refractivity contribution in [2.24, 2.45) is 0 Å². The van der Waals surface area contributed by atoms with Crippen molar-refractivity contribution in [3.8, 4) is 0 Å². The van der Waals surface area contributed by atoms with E-state index in [1.54, 1.807) is 10.9 Å². The molecule has 0 saturated heterocycles. The Labute approximate surface area is 102 Å². The molecule has 2 aromatic rings. The van der Waals surface area contributed by atoms with Crippen LogP contribution >= 0.6 is 0 Å². The molecule has 0 fully saturated rings. The Morgan fingerprint density at radius 3 is 2.89 bits per heavy atom. The first-order valence-electron chi connectivity index (χ1n) is 5.25. The van der Waals surface area contributed by atoms with Gasteiger partial charge in [0.1, 0.15) is 6.26 Å². The van der Waals surface area contributed by atoms with Crippen LogP contribution in [0.3, 0.4) is 0 Å². The van der Waals surface area contributed by atoms with Gasteiger partial charge in [-0.05, 0) is 6.92 Å². The number of carbonyl (C=O) groups excluding carboxylic acids is 1. The number of carboxylic acid groups (broad SMARTS) is 1. The lowest BCUT2D eigenvalue weighted by molar-refractivity contribution is 0.0696. The Kier molecular flexibility index (Phi) is 3.13. The summed E-state index contributed by atoms with van der Waals surface area (Å²) in [4.78, 5) is 22.3. The van der Waals surface area contributed by atoms with Gasteiger partial charge in [0.2, 0.25) is 0 Å². The molecule has 0 unspecified atom stereocenters. The minimum Gasteiger partial charge on any atom is -0.478 e. The van der Waals surface area contributed by atoms with Gasteiger partial charge in [-0.15, -0.1) is 0 Å². The zero-order chi connectivity index (χ0) is 13.1. The van der Waals surface area contributed by atoms with Crippen LogP contribution in [0.2, 0.25) is 0 Å². The molecule has 0 radical (unpaired) electrons. The molecule has 0 aliphatic rings. The zero-order valence-corrected chi connectivity index (χ0v) is 9.58. The first-order valence-corrected chi connectivity index (χ1v) is 5.25. The number of nitrogens with one attached hydrogen (secondary N) is 1. The molecule has 2 aromatic heterocycles. The highest BCUT2D eigenvalue weighted by Crippen LogP contribution is 2.11. The average Bonchev–Trinajstić information content (AvgIpc) is 2.97. The van der Waals surface area contributed by atoms with E-state index in [1.165, 1.54) is 12.3 Å². The molecule has 2 N–H and O–H groups in total. The first-order chi connectivity index (χ1) is 8.60. The number of furan rings is 1. The van der Waals surface area contributed by atoms with Gasteiger partial charge in [0.15, 0.2) is 5.76 Å². The number of aromatic carboxylic acids is 1. The maximum atomic E-state index is 11.7. The molecule has 0 aromatic carbocycles. The molecule has 0 saturated carbocycles. The van der Waals surface area contributed by atoms with E-state index in [0.29, 0.717) is 12.2 Å². The highest BCUT2D eigenvalue weighted by molar-refractivity contribution is 6.03. The monoisotopic (exact) mass is 249 g/mol. The van der Waals surface area contributed by atoms with Crippen molar-refractivity contribution in [1.29, 1.82) is 0 Å². The van der Waals surface area contributed by atoms with Crippen LogP contribution in [0.15, 0.2) is 29.1 Å². The molecule has 0 bridgehead atoms. The number of amides is 1. The van der Waals surface area contributed by atoms with Crippen LogP contribution in [0.4, 0.5) is 5.69 Å². The van der Waals surface area contributed by atoms with Crippen LogP contribution in [0.5, 0.6) is 0 Å². The van der Waals surface area contributed by atoms with Crippen LogP contribution in [0, 0.1) is 0 Å². The van der Waals surface area contributed by atoms with Crippen molar-refractivity contribution in [3.05, 3.63) is 36.0 Å². The van der Waals surface area contributed by atoms with Crippen molar-refractivity contribution in [2.45, 2.75) is 13.5 Å². The van der Waals surface area contributed by atoms with Gasteiger partial charge < -0.3 is 14.8 Å². The van der Waals surface area contributed by atoms with E-state index in [-0.39, 0.29) is 11.3 Å². The summed E-state index contributed by atoms with van der Waals surface area (Å²) in [5.74, 6) is -1.72. The van der Waals surface area contributed by atoms with Crippen molar-refractivity contribution in [3.63, 3.8) is 0 Å². The van der Waals surface area contributed by atoms with Crippen molar-refractivity contribution in [2.75, 3.05) is 5.32 Å². The number of aromatic nitrogens is 2. The van der Waals surface area contributed by atoms with E-state index in [1.807, 2.05) is 6.92 Å². The lowest BCUT2D eigenvalue weighted by Crippen LogP contribution is -2.10. The Morgan fingerprint density at radius 2 is 2.33 bits per heavy atom. The second-order valence-electron chi connectivity index (χ2n) is 3.54. The molecule has 1 amide bonds. The molecular weight excluding hydrogens is 238 g/mol. The standard InChI is InChI=1S/C11H11N3O4/c1-2-14-5-8(4-12-14)13-10(15)9-3-7(6-18-9)11(16)17/h3-6H,2H2,1H3,(H,13,15)(H,16,17). The Bertz CT molecular complexity index is 585. The molecule has 2 heterocycles. The minimum atomic E-state index is -1.14. The SMILES string of the molecule is CCn1cc(NC(=O)c2cc(C(=O)O)co2)cn1. The van der Waals surface area contributed by atoms with Crippen LogP contribution in [0.25, 0.3) is 0 Å². The summed E-state index contributed by atoms with van der Waals surface area (Å²) in [7, 11) is 0. The van der Waals surface area contributed by atoms with E-state index in [4.69, 9.17) is 9.52 Å². The fourth-order valence-corrected chi connectivity index (χ4v) is 1.36. The number of aryl methyl sites for hydroxylation is 1. The van der Waals surface area contributed by atoms with Gasteiger partial charge in [0.25, 0.3) is 5.91 Å². The Balaban J connectivity index is 2.09. The highest BCUT2D eigenvalue weighted by atomic mass is 16.4. The molecule has 18 heavy (non-hydrogen) atoms. The van der Waals surface area contributed by atoms with Gasteiger partial charge in [-0.25, -0.2) is 4.79 Å². The number of carbonyl (C=O) groups is 2. The Hall–Kier alpha value is -2.57. The number of hydrogen-bond acceptors (Lipinski definition) is 4. The topological polar surface area (TPSA) is 97.4 Å². The van der Waals surface area contributed by atoms with Gasteiger partial charge in [-0.2, -0.15) is 5.10 Å². The molecule has 0 spiro atoms. The van der Waals surface area contributed by atoms with E-state index in [0.717, 1.165) is 6.26 Å². The number of hydrogen-bond donors (Lipinski definition) is 2. The molecule has 2 rings (SSSR count). The summed E-state index contributed by atoms with van der Waals surface area (Å²) < 4.78 is 6.53. The third kappa shape index (κ3) is 2.40. The van der Waals surface area contributed by atoms with E-state index < -0.39 is 11.9 Å². The number of nitrogens with zero attached hydrogens (tertiary/aromatic N) is 2. The first kappa shape index (κ1) is 11.9. The fraction of sp³-hybridized carbons (Fsp3) is 0.182. The molecule has 0 aliphatic carbocycles. The smallest absolute Gasteiger partial charge is 0.338 e. The van der Waals surface area contributed by atoms with Crippen molar-refractivity contribution in [1.82, 2.24) is 9.78 Å². The normalized spacial score (nSPS) is 10.3. The van der Waals surface area contributed by atoms with Gasteiger partial charge in [0, 0.05) is 18.8 Å². The van der Waals surface area contributed by atoms with Gasteiger partial charge >= 0.3 is 5.97 Å². The number of carboxylic acids is 1. The van der Waals surface area contributed by atoms with Gasteiger partial charge in [-0.1, -0.05) is 0 Å². The molecule has 0 aliphatic heterocycles. The molecule has 7 nitrogen and oxygen atoms in total. The number of anilines is 1. The van der Waals surface area contributed by atoms with Gasteiger partial charge in [0.05, 0.1) is 17.4 Å². The summed E-state index contributed by atoms with van der Waals surface area (Å²) in [6.45, 7) is 2.62. The molecule has 0 atom stereocenters. The van der Waals surface area contributed by atoms with Crippen molar-refractivity contribution < 1.29 is 19.1 Å². The third-order valence-corrected chi connectivity index (χ3v) is 2.29. The summed E-state index contributed by atoms with van der Waals surface area (Å²) in [6, 6.07) is 1.17. The molecule has 7 heteroatoms. The fourth-order valence-electron chi connectivity index (χ4n) is 1.36. The van der Waals surface area contributed by atoms with Crippen LogP contribution in [-0.4, -0.2) is 26.8 Å². The summed E-state index contributed by atoms with van der Waals surface area (Å²) in [5.41, 5.74) is 0.458. The quantitative estimate of drug-likeness (QED) is 0.854. The summed E-state index contributed by atoms with van der Waals surface area (Å²) in [5, 5.41) is 15.2. The summed E-state index contributed by atoms with van der Waals surface area (Å²) in [6.07, 6.45) is 4.19. The Morgan fingerprint density at radius 1 is 1.56 bits per heavy atom. The van der Waals surface area contributed by atoms with Crippen LogP contribution in [0.1, 0.15) is 27.8 Å². The maximum absolute atomic E-state index is 11.7. The van der Waals surface area contributed by atoms with E-state index >= 15 is 0 Å². The lowest BCUT2D eigenvalue weighted by Gasteiger charge is -1.97. The minimum absolute atomic E-state index is 0.0587. The average molecular weight is 249 g/mol. The van der Waals surface area contributed by atoms with Crippen molar-refractivity contribution >= 4 is 17.6 Å². The number of rotatable bonds is 4. The largest absolute Gasteiger partial charge is 0.478 e. The third-order valence-electron chi connectivity index (χ3n) is 2.29. The van der Waals surface area contributed by atoms with Crippen LogP contribution < -0.4 is 5.32 Å². The predicted octanol–water partition coefficient (Wildman–Crippen LogP) is 1.45. The lowest BCUT2D eigenvalue weighted by atomic mass is 10.3. The molecular formula is C11H11N3O4. The maximum Gasteiger partial charge on any atom is 0.338 e. The molecule has 94 valence electrons. The summed E-state index contributed by atoms with van der Waals surface area (Å²) >= 11 is 0. The van der Waals surface area contributed by atoms with Gasteiger partial charge in [-0.3, -0.25) is 9.48 Å². The second-order valence-corrected chi connectivity index (χ2v) is 3.54. The van der Waals surface area contributed by atoms with E-state index in [9.17, 15) is 9.59 Å². The van der Waals surface area contributed by atoms with Crippen LogP contribution in [-0.2, 0) is 6.54 Å².